The molecule has 0 aromatic heterocycles. The molecule has 1 saturated carbocycles. The molecule has 1 aliphatic rings. The third-order valence-corrected chi connectivity index (χ3v) is 7.30. The van der Waals surface area contributed by atoms with Crippen molar-refractivity contribution in [3.63, 3.8) is 0 Å². The van der Waals surface area contributed by atoms with E-state index >= 15 is 0 Å². The molecule has 1 aliphatic carbocycles. The summed E-state index contributed by atoms with van der Waals surface area (Å²) in [5.41, 5.74) is 3.03. The third-order valence-electron chi connectivity index (χ3n) is 6.53. The summed E-state index contributed by atoms with van der Waals surface area (Å²) in [5.74, 6) is 1.57. The average molecular weight is 488 g/mol. The van der Waals surface area contributed by atoms with E-state index in [0.717, 1.165) is 31.6 Å². The van der Waals surface area contributed by atoms with Crippen LogP contribution in [0.15, 0.2) is 48.5 Å². The molecular formula is C26H37N3O4S. The Balaban J connectivity index is 1.42. The summed E-state index contributed by atoms with van der Waals surface area (Å²) in [6, 6.07) is 16.2. The molecule has 34 heavy (non-hydrogen) atoms. The lowest BCUT2D eigenvalue weighted by atomic mass is 9.94. The van der Waals surface area contributed by atoms with Crippen LogP contribution in [0.25, 0.3) is 0 Å². The number of amides is 1. The van der Waals surface area contributed by atoms with Crippen LogP contribution in [-0.4, -0.2) is 39.8 Å². The average Bonchev–Trinajstić information content (AvgIpc) is 3.27. The van der Waals surface area contributed by atoms with Crippen molar-refractivity contribution in [2.24, 2.45) is 11.1 Å². The topological polar surface area (TPSA) is 111 Å². The monoisotopic (exact) mass is 487 g/mol. The van der Waals surface area contributed by atoms with Crippen LogP contribution < -0.4 is 20.5 Å². The Morgan fingerprint density at radius 2 is 1.91 bits per heavy atom. The highest BCUT2D eigenvalue weighted by atomic mass is 32.2. The Morgan fingerprint density at radius 3 is 2.62 bits per heavy atom. The van der Waals surface area contributed by atoms with Gasteiger partial charge in [-0.15, -0.1) is 0 Å². The second-order valence-corrected chi connectivity index (χ2v) is 10.8. The van der Waals surface area contributed by atoms with E-state index < -0.39 is 10.0 Å². The van der Waals surface area contributed by atoms with Gasteiger partial charge in [0, 0.05) is 18.2 Å². The molecule has 0 saturated heterocycles. The van der Waals surface area contributed by atoms with E-state index in [2.05, 4.69) is 29.7 Å². The maximum Gasteiger partial charge on any atom is 0.251 e. The fraction of sp³-hybridized carbons (Fsp3) is 0.500. The first kappa shape index (κ1) is 26.2. The third kappa shape index (κ3) is 8.11. The number of carbonyl (C=O) groups excluding carboxylic acids is 1. The van der Waals surface area contributed by atoms with Crippen molar-refractivity contribution in [3.8, 4) is 5.75 Å². The summed E-state index contributed by atoms with van der Waals surface area (Å²) in [7, 11) is -3.58. The summed E-state index contributed by atoms with van der Waals surface area (Å²) in [4.78, 5) is 12.2. The predicted molar refractivity (Wildman–Crippen MR) is 135 cm³/mol. The standard InChI is InChI=1S/C26H37N3O4S/c1-3-33-25-6-4-5-23(18-25)19(2)28-14-13-20-7-8-24(17-20)21-9-11-22(12-10-21)26(30)29-15-16-34(27,31)32/h4-6,9-12,18-20,24,28H,3,7-8,13-17H2,1-2H3,(H,29,30)(H2,27,31,32)/t19-,20?,24+/m1/s1. The number of ether oxygens (including phenoxy) is 1. The molecule has 0 aliphatic heterocycles. The minimum absolute atomic E-state index is 0.00826. The lowest BCUT2D eigenvalue weighted by molar-refractivity contribution is 0.0956. The Kier molecular flexibility index (Phi) is 9.50. The number of carbonyl (C=O) groups is 1. The van der Waals surface area contributed by atoms with Crippen molar-refractivity contribution >= 4 is 15.9 Å². The van der Waals surface area contributed by atoms with Gasteiger partial charge in [0.25, 0.3) is 5.91 Å². The highest BCUT2D eigenvalue weighted by Gasteiger charge is 2.25. The lowest BCUT2D eigenvalue weighted by Gasteiger charge is -2.17. The van der Waals surface area contributed by atoms with Crippen LogP contribution in [0.4, 0.5) is 0 Å². The molecule has 186 valence electrons. The van der Waals surface area contributed by atoms with Crippen LogP contribution in [0.2, 0.25) is 0 Å². The number of nitrogens with one attached hydrogen (secondary N) is 2. The number of sulfonamides is 1. The number of benzene rings is 2. The van der Waals surface area contributed by atoms with Crippen molar-refractivity contribution in [2.45, 2.75) is 51.5 Å². The zero-order valence-electron chi connectivity index (χ0n) is 20.1. The predicted octanol–water partition coefficient (Wildman–Crippen LogP) is 3.73. The van der Waals surface area contributed by atoms with Crippen LogP contribution >= 0.6 is 0 Å². The molecule has 1 unspecified atom stereocenters. The van der Waals surface area contributed by atoms with Gasteiger partial charge in [0.2, 0.25) is 10.0 Å². The van der Waals surface area contributed by atoms with Crippen molar-refractivity contribution in [1.29, 1.82) is 0 Å². The second kappa shape index (κ2) is 12.3. The number of hydrogen-bond donors (Lipinski definition) is 3. The number of rotatable bonds is 12. The maximum atomic E-state index is 12.2. The molecular weight excluding hydrogens is 450 g/mol. The fourth-order valence-corrected chi connectivity index (χ4v) is 5.00. The van der Waals surface area contributed by atoms with Crippen LogP contribution in [0.3, 0.4) is 0 Å². The van der Waals surface area contributed by atoms with Gasteiger partial charge in [-0.3, -0.25) is 4.79 Å². The van der Waals surface area contributed by atoms with E-state index in [1.54, 1.807) is 0 Å². The van der Waals surface area contributed by atoms with Gasteiger partial charge in [0.05, 0.1) is 12.4 Å². The highest BCUT2D eigenvalue weighted by molar-refractivity contribution is 7.89. The Bertz CT molecular complexity index is 1040. The molecule has 0 radical (unpaired) electrons. The quantitative estimate of drug-likeness (QED) is 0.423. The molecule has 4 N–H and O–H groups in total. The number of hydrogen-bond acceptors (Lipinski definition) is 5. The summed E-state index contributed by atoms with van der Waals surface area (Å²) in [6.45, 7) is 5.85. The molecule has 1 fully saturated rings. The van der Waals surface area contributed by atoms with E-state index in [0.29, 0.717) is 24.0 Å². The van der Waals surface area contributed by atoms with Gasteiger partial charge in [-0.1, -0.05) is 24.3 Å². The first-order valence-corrected chi connectivity index (χ1v) is 13.8. The van der Waals surface area contributed by atoms with Crippen molar-refractivity contribution < 1.29 is 17.9 Å². The zero-order chi connectivity index (χ0) is 24.6. The van der Waals surface area contributed by atoms with Crippen molar-refractivity contribution in [3.05, 3.63) is 65.2 Å². The van der Waals surface area contributed by atoms with Crippen LogP contribution in [0.1, 0.15) is 73.0 Å². The van der Waals surface area contributed by atoms with Gasteiger partial charge in [-0.05, 0) is 93.3 Å². The van der Waals surface area contributed by atoms with Gasteiger partial charge in [-0.25, -0.2) is 13.6 Å². The molecule has 8 heteroatoms. The lowest BCUT2D eigenvalue weighted by Crippen LogP contribution is -2.31. The van der Waals surface area contributed by atoms with Gasteiger partial charge in [-0.2, -0.15) is 0 Å². The number of nitrogens with two attached hydrogens (primary N) is 1. The zero-order valence-corrected chi connectivity index (χ0v) is 20.9. The summed E-state index contributed by atoms with van der Waals surface area (Å²) in [5, 5.41) is 11.2. The molecule has 0 heterocycles. The molecule has 3 rings (SSSR count). The molecule has 2 aromatic rings. The Labute approximate surface area is 203 Å². The summed E-state index contributed by atoms with van der Waals surface area (Å²) < 4.78 is 27.6. The van der Waals surface area contributed by atoms with E-state index in [-0.39, 0.29) is 24.2 Å². The van der Waals surface area contributed by atoms with Gasteiger partial charge < -0.3 is 15.4 Å². The molecule has 2 aromatic carbocycles. The first-order valence-electron chi connectivity index (χ1n) is 12.1. The van der Waals surface area contributed by atoms with Crippen LogP contribution in [0, 0.1) is 5.92 Å². The Hall–Kier alpha value is -2.42. The molecule has 0 spiro atoms. The molecule has 7 nitrogen and oxygen atoms in total. The molecule has 1 amide bonds. The second-order valence-electron chi connectivity index (χ2n) is 9.09. The highest BCUT2D eigenvalue weighted by Crippen LogP contribution is 2.39. The molecule has 0 bridgehead atoms. The largest absolute Gasteiger partial charge is 0.494 e. The van der Waals surface area contributed by atoms with E-state index in [1.807, 2.05) is 43.3 Å². The van der Waals surface area contributed by atoms with Crippen LogP contribution in [-0.2, 0) is 10.0 Å². The van der Waals surface area contributed by atoms with Gasteiger partial charge in [0.15, 0.2) is 0 Å². The maximum absolute atomic E-state index is 12.2. The Morgan fingerprint density at radius 1 is 1.15 bits per heavy atom. The van der Waals surface area contributed by atoms with Crippen LogP contribution in [0.5, 0.6) is 5.75 Å². The normalized spacial score (nSPS) is 19.0. The summed E-state index contributed by atoms with van der Waals surface area (Å²) in [6.07, 6.45) is 4.69. The first-order chi connectivity index (χ1) is 16.2. The smallest absolute Gasteiger partial charge is 0.251 e. The minimum Gasteiger partial charge on any atom is -0.494 e. The SMILES string of the molecule is CCOc1cccc([C@@H](C)NCCC2CC[C@H](c3ccc(C(=O)NCCS(N)(=O)=O)cc3)C2)c1. The fourth-order valence-electron chi connectivity index (χ4n) is 4.62. The minimum atomic E-state index is -3.58. The number of primary sulfonamides is 1. The van der Waals surface area contributed by atoms with Gasteiger partial charge >= 0.3 is 0 Å². The van der Waals surface area contributed by atoms with E-state index in [4.69, 9.17) is 9.88 Å². The van der Waals surface area contributed by atoms with E-state index in [1.165, 1.54) is 17.5 Å². The summed E-state index contributed by atoms with van der Waals surface area (Å²) >= 11 is 0. The molecule has 3 atom stereocenters. The van der Waals surface area contributed by atoms with Crippen molar-refractivity contribution in [1.82, 2.24) is 10.6 Å². The van der Waals surface area contributed by atoms with Gasteiger partial charge in [0.1, 0.15) is 5.75 Å². The van der Waals surface area contributed by atoms with Crippen molar-refractivity contribution in [2.75, 3.05) is 25.4 Å². The van der Waals surface area contributed by atoms with E-state index in [9.17, 15) is 13.2 Å².